The van der Waals surface area contributed by atoms with E-state index in [0.29, 0.717) is 22.9 Å². The van der Waals surface area contributed by atoms with Crippen LogP contribution in [0.2, 0.25) is 0 Å². The van der Waals surface area contributed by atoms with Crippen molar-refractivity contribution in [3.8, 4) is 5.69 Å². The van der Waals surface area contributed by atoms with Gasteiger partial charge in [-0.3, -0.25) is 4.57 Å². The summed E-state index contributed by atoms with van der Waals surface area (Å²) in [7, 11) is 1.46. The minimum atomic E-state index is -4.68. The van der Waals surface area contributed by atoms with Crippen LogP contribution in [-0.4, -0.2) is 26.6 Å². The highest BCUT2D eigenvalue weighted by molar-refractivity contribution is 7.64. The zero-order chi connectivity index (χ0) is 17.3. The van der Waals surface area contributed by atoms with E-state index in [9.17, 15) is 17.4 Å². The Morgan fingerprint density at radius 1 is 1.25 bits per heavy atom. The molecule has 2 aromatic heterocycles. The molecule has 3 rings (SSSR count). The van der Waals surface area contributed by atoms with Crippen LogP contribution in [0.25, 0.3) is 16.9 Å². The fourth-order valence-corrected chi connectivity index (χ4v) is 2.68. The van der Waals surface area contributed by atoms with E-state index in [1.165, 1.54) is 17.9 Å². The first-order valence-corrected chi connectivity index (χ1v) is 7.70. The number of benzene rings is 1. The summed E-state index contributed by atoms with van der Waals surface area (Å²) in [6.45, 7) is 0. The van der Waals surface area contributed by atoms with E-state index in [1.807, 2.05) is 0 Å². The molecular formula is C14H11F3N5OS+. The van der Waals surface area contributed by atoms with Crippen LogP contribution in [-0.2, 0) is 27.8 Å². The lowest BCUT2D eigenvalue weighted by Gasteiger charge is -2.10. The lowest BCUT2D eigenvalue weighted by Crippen LogP contribution is -2.13. The van der Waals surface area contributed by atoms with Crippen LogP contribution in [0.1, 0.15) is 11.4 Å². The van der Waals surface area contributed by atoms with Crippen molar-refractivity contribution in [3.63, 3.8) is 0 Å². The van der Waals surface area contributed by atoms with Crippen molar-refractivity contribution in [1.82, 2.24) is 19.5 Å². The van der Waals surface area contributed by atoms with Gasteiger partial charge in [-0.05, 0) is 6.07 Å². The Hall–Kier alpha value is -2.62. The highest BCUT2D eigenvalue weighted by atomic mass is 32.1. The first kappa shape index (κ1) is 16.2. The largest absolute Gasteiger partial charge is 0.463 e. The number of alkyl halides is 3. The van der Waals surface area contributed by atoms with Gasteiger partial charge in [0.25, 0.3) is 5.75 Å². The van der Waals surface area contributed by atoms with E-state index in [4.69, 9.17) is 0 Å². The summed E-state index contributed by atoms with van der Waals surface area (Å²) >= 11 is 0.378. The second kappa shape index (κ2) is 6.11. The van der Waals surface area contributed by atoms with Crippen LogP contribution in [0.4, 0.5) is 19.0 Å². The van der Waals surface area contributed by atoms with Gasteiger partial charge in [-0.2, -0.15) is 13.2 Å². The van der Waals surface area contributed by atoms with E-state index < -0.39 is 12.0 Å². The van der Waals surface area contributed by atoms with Crippen molar-refractivity contribution < 1.29 is 17.4 Å². The molecule has 0 atom stereocenters. The molecule has 0 amide bonds. The SMILES string of the molecule is CNc1nc(C(F)(F)F)nc2c1ncn2-c1ccccc1C[S+]=O. The highest BCUT2D eigenvalue weighted by Gasteiger charge is 2.36. The van der Waals surface area contributed by atoms with E-state index in [0.717, 1.165) is 0 Å². The normalized spacial score (nSPS) is 11.7. The summed E-state index contributed by atoms with van der Waals surface area (Å²) in [6, 6.07) is 6.91. The second-order valence-corrected chi connectivity index (χ2v) is 5.35. The number of nitrogens with one attached hydrogen (secondary N) is 1. The summed E-state index contributed by atoms with van der Waals surface area (Å²) in [5, 5.41) is 2.61. The molecule has 124 valence electrons. The van der Waals surface area contributed by atoms with Crippen molar-refractivity contribution >= 4 is 28.6 Å². The van der Waals surface area contributed by atoms with Gasteiger partial charge >= 0.3 is 17.8 Å². The standard InChI is InChI=1S/C14H11F3N5OS/c1-18-11-10-12(21-13(20-11)14(15,16)17)22(7-19-10)9-5-3-2-4-8(9)6-24-23/h2-5,7H,6H2,1H3,(H,18,20,21)/q+1. The molecule has 1 aromatic carbocycles. The number of para-hydroxylation sites is 1. The van der Waals surface area contributed by atoms with Gasteiger partial charge in [0, 0.05) is 16.8 Å². The van der Waals surface area contributed by atoms with Gasteiger partial charge in [0.2, 0.25) is 5.82 Å². The van der Waals surface area contributed by atoms with Crippen molar-refractivity contribution in [1.29, 1.82) is 0 Å². The quantitative estimate of drug-likeness (QED) is 0.730. The molecule has 0 radical (unpaired) electrons. The van der Waals surface area contributed by atoms with Gasteiger partial charge in [-0.15, -0.1) is 0 Å². The first-order valence-electron chi connectivity index (χ1n) is 6.78. The second-order valence-electron chi connectivity index (χ2n) is 4.82. The van der Waals surface area contributed by atoms with Crippen LogP contribution >= 0.6 is 0 Å². The molecule has 1 N–H and O–H groups in total. The van der Waals surface area contributed by atoms with Gasteiger partial charge in [0.05, 0.1) is 5.69 Å². The van der Waals surface area contributed by atoms with E-state index >= 15 is 0 Å². The van der Waals surface area contributed by atoms with E-state index in [-0.39, 0.29) is 22.7 Å². The Kier molecular flexibility index (Phi) is 4.14. The maximum atomic E-state index is 13.0. The van der Waals surface area contributed by atoms with Gasteiger partial charge in [0.15, 0.2) is 17.0 Å². The molecular weight excluding hydrogens is 343 g/mol. The Morgan fingerprint density at radius 2 is 2.00 bits per heavy atom. The molecule has 0 aliphatic carbocycles. The molecule has 0 spiro atoms. The number of nitrogens with zero attached hydrogens (tertiary/aromatic N) is 4. The van der Waals surface area contributed by atoms with Crippen molar-refractivity contribution in [2.24, 2.45) is 0 Å². The van der Waals surface area contributed by atoms with Gasteiger partial charge in [0.1, 0.15) is 6.33 Å². The minimum Gasteiger partial charge on any atom is -0.371 e. The summed E-state index contributed by atoms with van der Waals surface area (Å²) < 4.78 is 51.4. The number of halogens is 3. The first-order chi connectivity index (χ1) is 11.5. The Bertz CT molecular complexity index is 909. The predicted molar refractivity (Wildman–Crippen MR) is 83.0 cm³/mol. The molecule has 6 nitrogen and oxygen atoms in total. The fourth-order valence-electron chi connectivity index (χ4n) is 2.31. The van der Waals surface area contributed by atoms with E-state index in [2.05, 4.69) is 20.3 Å². The smallest absolute Gasteiger partial charge is 0.371 e. The summed E-state index contributed by atoms with van der Waals surface area (Å²) in [6.07, 6.45) is -3.31. The molecule has 2 heterocycles. The van der Waals surface area contributed by atoms with Crippen LogP contribution < -0.4 is 5.32 Å². The number of aromatic nitrogens is 4. The molecule has 0 saturated carbocycles. The Morgan fingerprint density at radius 3 is 2.67 bits per heavy atom. The third-order valence-electron chi connectivity index (χ3n) is 3.35. The molecule has 24 heavy (non-hydrogen) atoms. The molecule has 3 aromatic rings. The summed E-state index contributed by atoms with van der Waals surface area (Å²) in [5.41, 5.74) is 1.47. The van der Waals surface area contributed by atoms with Crippen LogP contribution in [0, 0.1) is 0 Å². The number of hydrogen-bond acceptors (Lipinski definition) is 5. The molecule has 0 aliphatic heterocycles. The lowest BCUT2D eigenvalue weighted by molar-refractivity contribution is -0.144. The van der Waals surface area contributed by atoms with Crippen LogP contribution in [0.5, 0.6) is 0 Å². The lowest BCUT2D eigenvalue weighted by atomic mass is 10.2. The maximum absolute atomic E-state index is 13.0. The summed E-state index contributed by atoms with van der Waals surface area (Å²) in [4.78, 5) is 11.2. The topological polar surface area (TPSA) is 72.7 Å². The highest BCUT2D eigenvalue weighted by Crippen LogP contribution is 2.31. The molecule has 0 bridgehead atoms. The van der Waals surface area contributed by atoms with Crippen LogP contribution in [0.15, 0.2) is 30.6 Å². The zero-order valence-electron chi connectivity index (χ0n) is 12.3. The fraction of sp³-hybridized carbons (Fsp3) is 0.214. The van der Waals surface area contributed by atoms with Crippen LogP contribution in [0.3, 0.4) is 0 Å². The molecule has 10 heteroatoms. The zero-order valence-corrected chi connectivity index (χ0v) is 13.1. The number of hydrogen-bond donors (Lipinski definition) is 1. The van der Waals surface area contributed by atoms with Crippen molar-refractivity contribution in [2.75, 3.05) is 12.4 Å². The minimum absolute atomic E-state index is 0.0123. The van der Waals surface area contributed by atoms with Crippen molar-refractivity contribution in [3.05, 3.63) is 42.0 Å². The Labute approximate surface area is 138 Å². The van der Waals surface area contributed by atoms with Gasteiger partial charge < -0.3 is 5.32 Å². The average molecular weight is 354 g/mol. The Balaban J connectivity index is 2.29. The monoisotopic (exact) mass is 354 g/mol. The summed E-state index contributed by atoms with van der Waals surface area (Å²) in [5.74, 6) is -1.09. The average Bonchev–Trinajstić information content (AvgIpc) is 2.98. The van der Waals surface area contributed by atoms with Crippen molar-refractivity contribution in [2.45, 2.75) is 11.9 Å². The third-order valence-corrected chi connectivity index (χ3v) is 3.78. The number of rotatable bonds is 4. The third kappa shape index (κ3) is 2.80. The molecule has 0 unspecified atom stereocenters. The van der Waals surface area contributed by atoms with Gasteiger partial charge in [-0.25, -0.2) is 15.0 Å². The maximum Gasteiger partial charge on any atom is 0.463 e. The van der Waals surface area contributed by atoms with Gasteiger partial charge in [-0.1, -0.05) is 18.2 Å². The number of imidazole rings is 1. The number of anilines is 1. The molecule has 0 aliphatic rings. The predicted octanol–water partition coefficient (Wildman–Crippen LogP) is 2.80. The molecule has 0 fully saturated rings. The van der Waals surface area contributed by atoms with E-state index in [1.54, 1.807) is 24.3 Å². The number of fused-ring (bicyclic) bond motifs is 1. The molecule has 0 saturated heterocycles.